The molecule has 1 heterocycles. The van der Waals surface area contributed by atoms with E-state index in [4.69, 9.17) is 15.6 Å². The number of ether oxygens (including phenoxy) is 1. The summed E-state index contributed by atoms with van der Waals surface area (Å²) in [6.45, 7) is 0. The number of nitrogens with two attached hydrogens (primary N) is 1. The smallest absolute Gasteiger partial charge is 0.341 e. The van der Waals surface area contributed by atoms with Gasteiger partial charge in [-0.05, 0) is 12.1 Å². The zero-order chi connectivity index (χ0) is 12.4. The topological polar surface area (TPSA) is 103 Å². The van der Waals surface area contributed by atoms with Crippen molar-refractivity contribution in [1.29, 1.82) is 0 Å². The first-order valence-corrected chi connectivity index (χ1v) is 4.73. The third-order valence-corrected chi connectivity index (χ3v) is 2.08. The molecule has 0 spiro atoms. The Balaban J connectivity index is 2.33. The Morgan fingerprint density at radius 1 is 1.53 bits per heavy atom. The number of aromatic nitrogens is 3. The summed E-state index contributed by atoms with van der Waals surface area (Å²) >= 11 is 0. The van der Waals surface area contributed by atoms with Crippen LogP contribution in [0.15, 0.2) is 24.5 Å². The van der Waals surface area contributed by atoms with Gasteiger partial charge in [0, 0.05) is 7.05 Å². The van der Waals surface area contributed by atoms with Crippen molar-refractivity contribution in [1.82, 2.24) is 14.8 Å². The lowest BCUT2D eigenvalue weighted by atomic mass is 10.1. The van der Waals surface area contributed by atoms with Crippen molar-refractivity contribution in [2.24, 2.45) is 7.05 Å². The van der Waals surface area contributed by atoms with E-state index >= 15 is 0 Å². The van der Waals surface area contributed by atoms with Crippen LogP contribution in [0.1, 0.15) is 10.4 Å². The summed E-state index contributed by atoms with van der Waals surface area (Å²) in [5.41, 5.74) is 5.70. The third kappa shape index (κ3) is 2.17. The summed E-state index contributed by atoms with van der Waals surface area (Å²) in [4.78, 5) is 14.7. The molecule has 1 aromatic carbocycles. The minimum atomic E-state index is -1.11. The Morgan fingerprint density at radius 2 is 2.29 bits per heavy atom. The largest absolute Gasteiger partial charge is 0.478 e. The highest BCUT2D eigenvalue weighted by molar-refractivity contribution is 5.95. The monoisotopic (exact) mass is 234 g/mol. The highest BCUT2D eigenvalue weighted by Gasteiger charge is 2.13. The van der Waals surface area contributed by atoms with Crippen molar-refractivity contribution >= 4 is 11.7 Å². The van der Waals surface area contributed by atoms with Gasteiger partial charge in [-0.1, -0.05) is 6.07 Å². The summed E-state index contributed by atoms with van der Waals surface area (Å²) in [6.07, 6.45) is 1.46. The number of benzene rings is 1. The molecule has 17 heavy (non-hydrogen) atoms. The van der Waals surface area contributed by atoms with Gasteiger partial charge in [0.15, 0.2) is 5.75 Å². The van der Waals surface area contributed by atoms with E-state index in [2.05, 4.69) is 10.1 Å². The number of hydrogen-bond acceptors (Lipinski definition) is 5. The van der Waals surface area contributed by atoms with Crippen LogP contribution in [-0.4, -0.2) is 25.8 Å². The Bertz CT molecular complexity index is 564. The van der Waals surface area contributed by atoms with Gasteiger partial charge >= 0.3 is 12.0 Å². The van der Waals surface area contributed by atoms with Gasteiger partial charge in [-0.25, -0.2) is 4.79 Å². The molecule has 0 saturated carbocycles. The van der Waals surface area contributed by atoms with E-state index in [-0.39, 0.29) is 23.0 Å². The Labute approximate surface area is 96.5 Å². The first-order valence-electron chi connectivity index (χ1n) is 4.73. The molecule has 0 radical (unpaired) electrons. The van der Waals surface area contributed by atoms with Crippen LogP contribution in [0, 0.1) is 0 Å². The van der Waals surface area contributed by atoms with Crippen molar-refractivity contribution < 1.29 is 14.6 Å². The van der Waals surface area contributed by atoms with Crippen LogP contribution in [0.3, 0.4) is 0 Å². The van der Waals surface area contributed by atoms with Crippen molar-refractivity contribution in [3.63, 3.8) is 0 Å². The predicted molar refractivity (Wildman–Crippen MR) is 58.9 cm³/mol. The number of nitrogen functional groups attached to an aromatic ring is 1. The molecule has 0 unspecified atom stereocenters. The molecule has 0 aliphatic carbocycles. The van der Waals surface area contributed by atoms with Crippen LogP contribution in [0.25, 0.3) is 0 Å². The molecule has 0 aliphatic rings. The molecule has 2 aromatic rings. The lowest BCUT2D eigenvalue weighted by Crippen LogP contribution is -2.04. The second-order valence-corrected chi connectivity index (χ2v) is 3.33. The van der Waals surface area contributed by atoms with E-state index in [0.717, 1.165) is 0 Å². The van der Waals surface area contributed by atoms with Gasteiger partial charge in [0.1, 0.15) is 6.33 Å². The number of aromatic carboxylic acids is 1. The summed E-state index contributed by atoms with van der Waals surface area (Å²) in [7, 11) is 1.69. The van der Waals surface area contributed by atoms with Gasteiger partial charge in [0.05, 0.1) is 11.3 Å². The lowest BCUT2D eigenvalue weighted by molar-refractivity contribution is 0.0697. The van der Waals surface area contributed by atoms with Gasteiger partial charge in [-0.15, -0.1) is 5.10 Å². The minimum absolute atomic E-state index is 0.0153. The van der Waals surface area contributed by atoms with Gasteiger partial charge in [-0.2, -0.15) is 4.98 Å². The number of anilines is 1. The fourth-order valence-electron chi connectivity index (χ4n) is 1.28. The quantitative estimate of drug-likeness (QED) is 0.764. The van der Waals surface area contributed by atoms with E-state index in [1.54, 1.807) is 13.1 Å². The zero-order valence-corrected chi connectivity index (χ0v) is 8.99. The van der Waals surface area contributed by atoms with E-state index in [1.165, 1.54) is 23.1 Å². The second kappa shape index (κ2) is 4.12. The van der Waals surface area contributed by atoms with Gasteiger partial charge in [0.2, 0.25) is 0 Å². The zero-order valence-electron chi connectivity index (χ0n) is 8.99. The fourth-order valence-corrected chi connectivity index (χ4v) is 1.28. The molecule has 0 atom stereocenters. The molecule has 7 nitrogen and oxygen atoms in total. The summed E-state index contributed by atoms with van der Waals surface area (Å²) in [5.74, 6) is -0.891. The normalized spacial score (nSPS) is 10.2. The number of hydrogen-bond donors (Lipinski definition) is 2. The van der Waals surface area contributed by atoms with Crippen LogP contribution >= 0.6 is 0 Å². The van der Waals surface area contributed by atoms with Crippen LogP contribution in [0.5, 0.6) is 11.8 Å². The van der Waals surface area contributed by atoms with Gasteiger partial charge in [0.25, 0.3) is 0 Å². The number of carboxylic acid groups (broad SMARTS) is 1. The number of carbonyl (C=O) groups is 1. The maximum absolute atomic E-state index is 10.9. The maximum atomic E-state index is 10.9. The fraction of sp³-hybridized carbons (Fsp3) is 0.100. The molecule has 0 amide bonds. The van der Waals surface area contributed by atoms with E-state index < -0.39 is 5.97 Å². The average Bonchev–Trinajstić information content (AvgIpc) is 2.67. The van der Waals surface area contributed by atoms with Crippen molar-refractivity contribution in [3.8, 4) is 11.8 Å². The average molecular weight is 234 g/mol. The Hall–Kier alpha value is -2.57. The molecule has 2 rings (SSSR count). The van der Waals surface area contributed by atoms with Crippen molar-refractivity contribution in [2.75, 3.05) is 5.73 Å². The SMILES string of the molecule is Cn1cnc(Oc2cccc(C(=O)O)c2N)n1. The predicted octanol–water partition coefficient (Wildman–Crippen LogP) is 0.888. The first kappa shape index (κ1) is 10.9. The minimum Gasteiger partial charge on any atom is -0.478 e. The van der Waals surface area contributed by atoms with Crippen LogP contribution in [0.2, 0.25) is 0 Å². The van der Waals surface area contributed by atoms with Crippen LogP contribution < -0.4 is 10.5 Å². The molecular weight excluding hydrogens is 224 g/mol. The molecule has 7 heteroatoms. The summed E-state index contributed by atoms with van der Waals surface area (Å²) < 4.78 is 6.75. The number of carboxylic acids is 1. The van der Waals surface area contributed by atoms with Gasteiger partial charge < -0.3 is 15.6 Å². The van der Waals surface area contributed by atoms with E-state index in [1.807, 2.05) is 0 Å². The standard InChI is InChI=1S/C10H10N4O3/c1-14-5-12-10(13-14)17-7-4-2-3-6(8(7)11)9(15)16/h2-5H,11H2,1H3,(H,15,16). The molecule has 1 aromatic heterocycles. The molecule has 0 aliphatic heterocycles. The van der Waals surface area contributed by atoms with Gasteiger partial charge in [-0.3, -0.25) is 4.68 Å². The molecule has 3 N–H and O–H groups in total. The Kier molecular flexibility index (Phi) is 2.65. The molecular formula is C10H10N4O3. The number of rotatable bonds is 3. The molecule has 88 valence electrons. The van der Waals surface area contributed by atoms with E-state index in [0.29, 0.717) is 0 Å². The second-order valence-electron chi connectivity index (χ2n) is 3.33. The van der Waals surface area contributed by atoms with E-state index in [9.17, 15) is 4.79 Å². The molecule has 0 fully saturated rings. The maximum Gasteiger partial charge on any atom is 0.341 e. The van der Waals surface area contributed by atoms with Crippen LogP contribution in [-0.2, 0) is 7.05 Å². The highest BCUT2D eigenvalue weighted by Crippen LogP contribution is 2.28. The van der Waals surface area contributed by atoms with Crippen LogP contribution in [0.4, 0.5) is 5.69 Å². The summed E-state index contributed by atoms with van der Waals surface area (Å²) in [6, 6.07) is 4.61. The first-order chi connectivity index (χ1) is 8.08. The third-order valence-electron chi connectivity index (χ3n) is 2.08. The number of para-hydroxylation sites is 1. The molecule has 0 bridgehead atoms. The number of aryl methyl sites for hydroxylation is 1. The van der Waals surface area contributed by atoms with Crippen molar-refractivity contribution in [3.05, 3.63) is 30.1 Å². The lowest BCUT2D eigenvalue weighted by Gasteiger charge is -2.06. The molecule has 0 saturated heterocycles. The Morgan fingerprint density at radius 3 is 2.88 bits per heavy atom. The highest BCUT2D eigenvalue weighted by atomic mass is 16.5. The summed E-state index contributed by atoms with van der Waals surface area (Å²) in [5, 5.41) is 12.8. The van der Waals surface area contributed by atoms with Crippen molar-refractivity contribution in [2.45, 2.75) is 0 Å². The number of nitrogens with zero attached hydrogens (tertiary/aromatic N) is 3.